The Morgan fingerprint density at radius 2 is 2.27 bits per heavy atom. The van der Waals surface area contributed by atoms with E-state index >= 15 is 0 Å². The van der Waals surface area contributed by atoms with Crippen LogP contribution >= 0.6 is 0 Å². The summed E-state index contributed by atoms with van der Waals surface area (Å²) in [4.78, 5) is 14.3. The monoisotopic (exact) mass is 157 g/mol. The molecule has 0 aromatic carbocycles. The zero-order chi connectivity index (χ0) is 8.27. The molecule has 1 aromatic rings. The second-order valence-electron chi connectivity index (χ2n) is 1.63. The number of nitrogens with zero attached hydrogens (tertiary/aromatic N) is 2. The zero-order valence-corrected chi connectivity index (χ0v) is 5.46. The third-order valence-corrected chi connectivity index (χ3v) is 0.961. The van der Waals surface area contributed by atoms with Gasteiger partial charge in [0.05, 0.1) is 0 Å². The molecule has 0 bridgehead atoms. The smallest absolute Gasteiger partial charge is 0.291 e. The maximum absolute atomic E-state index is 10.7. The molecule has 8 heteroatoms. The summed E-state index contributed by atoms with van der Waals surface area (Å²) < 4.78 is 0. The van der Waals surface area contributed by atoms with E-state index in [1.54, 1.807) is 0 Å². The van der Waals surface area contributed by atoms with Crippen molar-refractivity contribution in [2.24, 2.45) is 11.7 Å². The summed E-state index contributed by atoms with van der Waals surface area (Å²) in [6, 6.07) is 0. The number of amides is 1. The maximum atomic E-state index is 10.7. The predicted octanol–water partition coefficient (Wildman–Crippen LogP) is -2.31. The van der Waals surface area contributed by atoms with Gasteiger partial charge in [-0.25, -0.2) is 11.7 Å². The first kappa shape index (κ1) is 7.44. The third-order valence-electron chi connectivity index (χ3n) is 0.961. The highest BCUT2D eigenvalue weighted by molar-refractivity contribution is 5.90. The van der Waals surface area contributed by atoms with Crippen LogP contribution in [-0.2, 0) is 0 Å². The molecule has 0 saturated heterocycles. The summed E-state index contributed by atoms with van der Waals surface area (Å²) in [7, 11) is 0. The maximum Gasteiger partial charge on any atom is 0.302 e. The van der Waals surface area contributed by atoms with Gasteiger partial charge >= 0.3 is 5.91 Å². The van der Waals surface area contributed by atoms with Crippen molar-refractivity contribution < 1.29 is 4.79 Å². The molecular weight excluding hydrogens is 150 g/mol. The third kappa shape index (κ3) is 1.42. The first-order valence-corrected chi connectivity index (χ1v) is 2.68. The van der Waals surface area contributed by atoms with E-state index in [2.05, 4.69) is 20.6 Å². The molecule has 8 nitrogen and oxygen atoms in total. The summed E-state index contributed by atoms with van der Waals surface area (Å²) in [6.45, 7) is 0. The molecule has 0 radical (unpaired) electrons. The van der Waals surface area contributed by atoms with Crippen molar-refractivity contribution >= 4 is 11.9 Å². The number of hydrogen-bond acceptors (Lipinski definition) is 6. The molecule has 1 aromatic heterocycles. The Kier molecular flexibility index (Phi) is 1.99. The SMILES string of the molecule is NNC(=O)c1nc(NN)n[nH]1. The molecule has 0 fully saturated rings. The Labute approximate surface area is 61.3 Å². The van der Waals surface area contributed by atoms with Crippen LogP contribution in [0.25, 0.3) is 0 Å². The average molecular weight is 157 g/mol. The van der Waals surface area contributed by atoms with E-state index in [1.165, 1.54) is 0 Å². The minimum atomic E-state index is -0.556. The van der Waals surface area contributed by atoms with E-state index in [0.717, 1.165) is 0 Å². The molecule has 0 aliphatic rings. The Balaban J connectivity index is 2.80. The molecule has 0 spiro atoms. The fourth-order valence-electron chi connectivity index (χ4n) is 0.496. The van der Waals surface area contributed by atoms with Gasteiger partial charge in [-0.1, -0.05) is 0 Å². The number of carbonyl (C=O) groups is 1. The van der Waals surface area contributed by atoms with Crippen molar-refractivity contribution in [3.63, 3.8) is 0 Å². The van der Waals surface area contributed by atoms with Crippen molar-refractivity contribution in [2.75, 3.05) is 5.43 Å². The lowest BCUT2D eigenvalue weighted by Gasteiger charge is -1.90. The van der Waals surface area contributed by atoms with Gasteiger partial charge in [0.15, 0.2) is 0 Å². The second kappa shape index (κ2) is 2.94. The highest BCUT2D eigenvalue weighted by Crippen LogP contribution is 1.94. The Morgan fingerprint density at radius 3 is 2.73 bits per heavy atom. The number of rotatable bonds is 2. The molecule has 1 rings (SSSR count). The summed E-state index contributed by atoms with van der Waals surface area (Å²) in [5.74, 6) is 9.33. The molecular formula is C3H7N7O. The number of nitrogens with two attached hydrogens (primary N) is 2. The van der Waals surface area contributed by atoms with Crippen LogP contribution in [0.1, 0.15) is 10.6 Å². The van der Waals surface area contributed by atoms with Crippen molar-refractivity contribution in [3.8, 4) is 0 Å². The minimum absolute atomic E-state index is 0.000417. The summed E-state index contributed by atoms with van der Waals surface area (Å²) in [5.41, 5.74) is 4.03. The standard InChI is InChI=1S/C3H7N7O/c4-7-2(11)1-6-3(8-5)10-9-1/h4-5H2,(H,7,11)(H2,6,8,9,10). The Bertz CT molecular complexity index is 254. The molecule has 0 saturated carbocycles. The van der Waals surface area contributed by atoms with Crippen molar-refractivity contribution in [3.05, 3.63) is 5.82 Å². The van der Waals surface area contributed by atoms with Crippen molar-refractivity contribution in [1.29, 1.82) is 0 Å². The van der Waals surface area contributed by atoms with Crippen molar-refractivity contribution in [1.82, 2.24) is 20.6 Å². The molecule has 60 valence electrons. The number of aromatic amines is 1. The van der Waals surface area contributed by atoms with E-state index in [0.29, 0.717) is 0 Å². The van der Waals surface area contributed by atoms with Crippen LogP contribution in [0.3, 0.4) is 0 Å². The largest absolute Gasteiger partial charge is 0.302 e. The van der Waals surface area contributed by atoms with Crippen LogP contribution in [0.4, 0.5) is 5.95 Å². The van der Waals surface area contributed by atoms with Crippen LogP contribution < -0.4 is 22.5 Å². The van der Waals surface area contributed by atoms with Gasteiger partial charge in [0.1, 0.15) is 0 Å². The van der Waals surface area contributed by atoms with Gasteiger partial charge in [-0.05, 0) is 0 Å². The number of H-pyrrole nitrogens is 1. The number of aromatic nitrogens is 3. The fraction of sp³-hybridized carbons (Fsp3) is 0. The van der Waals surface area contributed by atoms with E-state index < -0.39 is 5.91 Å². The molecule has 0 atom stereocenters. The van der Waals surface area contributed by atoms with E-state index in [1.807, 2.05) is 5.43 Å². The van der Waals surface area contributed by atoms with Crippen LogP contribution in [0.15, 0.2) is 0 Å². The van der Waals surface area contributed by atoms with Crippen LogP contribution in [0, 0.1) is 0 Å². The lowest BCUT2D eigenvalue weighted by molar-refractivity contribution is 0.0944. The summed E-state index contributed by atoms with van der Waals surface area (Å²) >= 11 is 0. The highest BCUT2D eigenvalue weighted by atomic mass is 16.2. The lowest BCUT2D eigenvalue weighted by atomic mass is 10.6. The number of anilines is 1. The Hall–Kier alpha value is -1.67. The molecule has 0 unspecified atom stereocenters. The highest BCUT2D eigenvalue weighted by Gasteiger charge is 2.08. The molecule has 1 heterocycles. The van der Waals surface area contributed by atoms with Crippen LogP contribution in [0.5, 0.6) is 0 Å². The topological polar surface area (TPSA) is 135 Å². The van der Waals surface area contributed by atoms with Crippen LogP contribution in [-0.4, -0.2) is 21.1 Å². The number of hydrazine groups is 2. The predicted molar refractivity (Wildman–Crippen MR) is 35.8 cm³/mol. The molecule has 7 N–H and O–H groups in total. The summed E-state index contributed by atoms with van der Waals surface area (Å²) in [5, 5.41) is 5.83. The lowest BCUT2D eigenvalue weighted by Crippen LogP contribution is -2.30. The molecule has 0 aliphatic heterocycles. The van der Waals surface area contributed by atoms with E-state index in [-0.39, 0.29) is 11.8 Å². The molecule has 0 aliphatic carbocycles. The second-order valence-corrected chi connectivity index (χ2v) is 1.63. The number of nitrogens with one attached hydrogen (secondary N) is 3. The first-order chi connectivity index (χ1) is 5.27. The van der Waals surface area contributed by atoms with Crippen LogP contribution in [0.2, 0.25) is 0 Å². The molecule has 11 heavy (non-hydrogen) atoms. The summed E-state index contributed by atoms with van der Waals surface area (Å²) in [6.07, 6.45) is 0. The van der Waals surface area contributed by atoms with Gasteiger partial charge in [0.25, 0.3) is 5.95 Å². The van der Waals surface area contributed by atoms with E-state index in [9.17, 15) is 4.79 Å². The van der Waals surface area contributed by atoms with Gasteiger partial charge in [-0.3, -0.25) is 20.7 Å². The van der Waals surface area contributed by atoms with Gasteiger partial charge in [0.2, 0.25) is 5.82 Å². The number of hydrogen-bond donors (Lipinski definition) is 5. The Morgan fingerprint density at radius 1 is 1.55 bits per heavy atom. The normalized spacial score (nSPS) is 9.27. The van der Waals surface area contributed by atoms with Gasteiger partial charge < -0.3 is 0 Å². The number of nitrogen functional groups attached to an aromatic ring is 2. The molecule has 1 amide bonds. The number of carbonyl (C=O) groups excluding carboxylic acids is 1. The van der Waals surface area contributed by atoms with Crippen molar-refractivity contribution in [2.45, 2.75) is 0 Å². The zero-order valence-electron chi connectivity index (χ0n) is 5.46. The first-order valence-electron chi connectivity index (χ1n) is 2.68. The minimum Gasteiger partial charge on any atom is -0.291 e. The van der Waals surface area contributed by atoms with Gasteiger partial charge in [-0.15, -0.1) is 5.10 Å². The quantitative estimate of drug-likeness (QED) is 0.186. The average Bonchev–Trinajstić information content (AvgIpc) is 2.50. The fourth-order valence-corrected chi connectivity index (χ4v) is 0.496. The van der Waals surface area contributed by atoms with Gasteiger partial charge in [0, 0.05) is 0 Å². The van der Waals surface area contributed by atoms with E-state index in [4.69, 9.17) is 11.7 Å². The van der Waals surface area contributed by atoms with Gasteiger partial charge in [-0.2, -0.15) is 4.98 Å².